The van der Waals surface area contributed by atoms with E-state index < -0.39 is 5.82 Å². The minimum atomic E-state index is -0.515. The van der Waals surface area contributed by atoms with Crippen LogP contribution in [0.4, 0.5) is 4.39 Å². The molecular weight excluding hydrogens is 489 g/mol. The van der Waals surface area contributed by atoms with E-state index in [4.69, 9.17) is 9.47 Å². The van der Waals surface area contributed by atoms with E-state index in [1.54, 1.807) is 53.4 Å². The number of carbonyl (C=O) groups is 3. The summed E-state index contributed by atoms with van der Waals surface area (Å²) < 4.78 is 25.5. The third-order valence-corrected chi connectivity index (χ3v) is 6.10. The van der Waals surface area contributed by atoms with Gasteiger partial charge in [0.15, 0.2) is 11.5 Å². The highest BCUT2D eigenvalue weighted by atomic mass is 19.1. The number of amides is 3. The maximum Gasteiger partial charge on any atom is 0.253 e. The first-order valence-electron chi connectivity index (χ1n) is 12.5. The van der Waals surface area contributed by atoms with Gasteiger partial charge < -0.3 is 25.0 Å². The summed E-state index contributed by atoms with van der Waals surface area (Å²) in [7, 11) is 1.45. The van der Waals surface area contributed by atoms with Crippen LogP contribution in [0.15, 0.2) is 66.7 Å². The van der Waals surface area contributed by atoms with Crippen molar-refractivity contribution in [2.24, 2.45) is 0 Å². The van der Waals surface area contributed by atoms with E-state index in [0.717, 1.165) is 0 Å². The van der Waals surface area contributed by atoms with Gasteiger partial charge in [-0.3, -0.25) is 14.4 Å². The first-order valence-corrected chi connectivity index (χ1v) is 12.5. The summed E-state index contributed by atoms with van der Waals surface area (Å²) in [4.78, 5) is 40.0. The van der Waals surface area contributed by atoms with Crippen LogP contribution in [0, 0.1) is 5.82 Å². The van der Waals surface area contributed by atoms with E-state index in [0.29, 0.717) is 60.7 Å². The van der Waals surface area contributed by atoms with Crippen molar-refractivity contribution in [2.45, 2.75) is 25.8 Å². The second-order valence-electron chi connectivity index (χ2n) is 8.91. The summed E-state index contributed by atoms with van der Waals surface area (Å²) in [6, 6.07) is 17.9. The summed E-state index contributed by atoms with van der Waals surface area (Å²) in [6.45, 7) is 1.27. The van der Waals surface area contributed by atoms with Crippen LogP contribution in [0.2, 0.25) is 0 Å². The normalized spacial score (nSPS) is 15.2. The lowest BCUT2D eigenvalue weighted by Gasteiger charge is -2.23. The second-order valence-corrected chi connectivity index (χ2v) is 8.91. The van der Waals surface area contributed by atoms with Crippen LogP contribution in [0.1, 0.15) is 45.5 Å². The van der Waals surface area contributed by atoms with Crippen molar-refractivity contribution in [2.75, 3.05) is 26.7 Å². The highest BCUT2D eigenvalue weighted by Gasteiger charge is 2.17. The van der Waals surface area contributed by atoms with Crippen LogP contribution in [0.5, 0.6) is 17.2 Å². The SMILES string of the molecule is COc1cc2ccc1Oc1cc(F)cc(c1)CNC(=O)CCCN(C(=O)c1ccccc1)CCCNC2=O. The molecule has 0 fully saturated rings. The molecule has 2 aliphatic rings. The molecule has 0 radical (unpaired) electrons. The largest absolute Gasteiger partial charge is 0.493 e. The number of carbonyl (C=O) groups excluding carboxylic acids is 3. The third-order valence-electron chi connectivity index (χ3n) is 6.10. The van der Waals surface area contributed by atoms with Gasteiger partial charge in [-0.2, -0.15) is 0 Å². The molecule has 8 nitrogen and oxygen atoms in total. The van der Waals surface area contributed by atoms with Crippen LogP contribution >= 0.6 is 0 Å². The molecule has 3 amide bonds. The number of hydrogen-bond acceptors (Lipinski definition) is 5. The highest BCUT2D eigenvalue weighted by Crippen LogP contribution is 2.33. The third kappa shape index (κ3) is 7.09. The summed E-state index contributed by atoms with van der Waals surface area (Å²) in [5, 5.41) is 5.67. The minimum absolute atomic E-state index is 0.121. The van der Waals surface area contributed by atoms with E-state index in [1.165, 1.54) is 19.2 Å². The van der Waals surface area contributed by atoms with Gasteiger partial charge in [0.05, 0.1) is 7.11 Å². The number of benzene rings is 3. The van der Waals surface area contributed by atoms with Crippen molar-refractivity contribution in [1.82, 2.24) is 15.5 Å². The van der Waals surface area contributed by atoms with Gasteiger partial charge in [-0.1, -0.05) is 18.2 Å². The van der Waals surface area contributed by atoms with Crippen LogP contribution in [-0.4, -0.2) is 49.4 Å². The number of fused-ring (bicyclic) bond motifs is 13. The van der Waals surface area contributed by atoms with Crippen LogP contribution in [0.25, 0.3) is 0 Å². The first-order chi connectivity index (χ1) is 18.4. The molecule has 0 atom stereocenters. The van der Waals surface area contributed by atoms with Crippen molar-refractivity contribution in [3.63, 3.8) is 0 Å². The fourth-order valence-corrected chi connectivity index (χ4v) is 4.17. The fourth-order valence-electron chi connectivity index (χ4n) is 4.17. The predicted octanol–water partition coefficient (Wildman–Crippen LogP) is 4.30. The van der Waals surface area contributed by atoms with Crippen molar-refractivity contribution in [3.8, 4) is 17.2 Å². The molecule has 198 valence electrons. The summed E-state index contributed by atoms with van der Waals surface area (Å²) in [5.74, 6) is -0.294. The fraction of sp³-hybridized carbons (Fsp3) is 0.276. The topological polar surface area (TPSA) is 97.0 Å². The van der Waals surface area contributed by atoms with E-state index in [2.05, 4.69) is 10.6 Å². The number of methoxy groups -OCH3 is 1. The minimum Gasteiger partial charge on any atom is -0.493 e. The maximum absolute atomic E-state index is 14.3. The van der Waals surface area contributed by atoms with Crippen molar-refractivity contribution < 1.29 is 28.2 Å². The number of ether oxygens (including phenoxy) is 2. The van der Waals surface area contributed by atoms with Gasteiger partial charge >= 0.3 is 0 Å². The van der Waals surface area contributed by atoms with E-state index in [1.807, 2.05) is 6.07 Å². The lowest BCUT2D eigenvalue weighted by atomic mass is 10.1. The molecule has 9 heteroatoms. The van der Waals surface area contributed by atoms with E-state index >= 15 is 0 Å². The molecule has 3 aromatic carbocycles. The zero-order valence-corrected chi connectivity index (χ0v) is 21.2. The Hall–Kier alpha value is -4.40. The Labute approximate surface area is 220 Å². The quantitative estimate of drug-likeness (QED) is 0.526. The predicted molar refractivity (Wildman–Crippen MR) is 140 cm³/mol. The molecule has 2 aliphatic heterocycles. The van der Waals surface area contributed by atoms with E-state index in [9.17, 15) is 18.8 Å². The molecule has 0 spiro atoms. The summed E-state index contributed by atoms with van der Waals surface area (Å²) >= 11 is 0. The van der Waals surface area contributed by atoms with Crippen LogP contribution in [-0.2, 0) is 11.3 Å². The molecule has 0 unspecified atom stereocenters. The van der Waals surface area contributed by atoms with Crippen molar-refractivity contribution in [1.29, 1.82) is 0 Å². The monoisotopic (exact) mass is 519 g/mol. The molecule has 2 N–H and O–H groups in total. The number of nitrogens with one attached hydrogen (secondary N) is 2. The van der Waals surface area contributed by atoms with Gasteiger partial charge in [-0.25, -0.2) is 4.39 Å². The summed E-state index contributed by atoms with van der Waals surface area (Å²) in [5.41, 5.74) is 1.47. The Balaban J connectivity index is 1.56. The number of halogens is 1. The molecule has 38 heavy (non-hydrogen) atoms. The van der Waals surface area contributed by atoms with Crippen LogP contribution in [0.3, 0.4) is 0 Å². The zero-order valence-electron chi connectivity index (χ0n) is 21.2. The van der Waals surface area contributed by atoms with Gasteiger partial charge in [-0.15, -0.1) is 0 Å². The number of nitrogens with zero attached hydrogens (tertiary/aromatic N) is 1. The second kappa shape index (κ2) is 12.7. The molecule has 2 heterocycles. The van der Waals surface area contributed by atoms with Crippen molar-refractivity contribution in [3.05, 3.63) is 89.2 Å². The van der Waals surface area contributed by atoms with Gasteiger partial charge in [0, 0.05) is 49.8 Å². The van der Waals surface area contributed by atoms with Gasteiger partial charge in [0.1, 0.15) is 11.6 Å². The number of rotatable bonds is 2. The van der Waals surface area contributed by atoms with Crippen LogP contribution < -0.4 is 20.1 Å². The molecule has 3 aromatic rings. The molecule has 0 aliphatic carbocycles. The molecule has 0 saturated carbocycles. The Morgan fingerprint density at radius 3 is 2.55 bits per heavy atom. The molecule has 0 aromatic heterocycles. The molecule has 4 bridgehead atoms. The lowest BCUT2D eigenvalue weighted by molar-refractivity contribution is -0.121. The average molecular weight is 520 g/mol. The maximum atomic E-state index is 14.3. The van der Waals surface area contributed by atoms with Gasteiger partial charge in [0.2, 0.25) is 5.91 Å². The lowest BCUT2D eigenvalue weighted by Crippen LogP contribution is -2.35. The van der Waals surface area contributed by atoms with Crippen molar-refractivity contribution >= 4 is 17.7 Å². The Kier molecular flexibility index (Phi) is 8.92. The van der Waals surface area contributed by atoms with E-state index in [-0.39, 0.29) is 36.4 Å². The highest BCUT2D eigenvalue weighted by molar-refractivity contribution is 5.95. The number of hydrogen-bond donors (Lipinski definition) is 2. The summed E-state index contributed by atoms with van der Waals surface area (Å²) in [6.07, 6.45) is 1.20. The zero-order chi connectivity index (χ0) is 26.9. The Morgan fingerprint density at radius 1 is 0.974 bits per heavy atom. The smallest absolute Gasteiger partial charge is 0.253 e. The standard InChI is InChI=1S/C29H30FN3O5/c1-37-26-17-22-10-11-25(26)38-24-16-20(15-23(30)18-24)19-32-27(34)9-5-13-33(14-6-12-31-28(22)35)29(36)21-7-3-2-4-8-21/h2-4,7-8,10-11,15-18H,5-6,9,12-14,19H2,1H3,(H,31,35)(H,32,34). The average Bonchev–Trinajstić information content (AvgIpc) is 2.92. The van der Waals surface area contributed by atoms with Gasteiger partial charge in [-0.05, 0) is 60.9 Å². The Morgan fingerprint density at radius 2 is 1.76 bits per heavy atom. The molecule has 0 saturated heterocycles. The Bertz CT molecular complexity index is 1300. The molecular formula is C29H30FN3O5. The van der Waals surface area contributed by atoms with Gasteiger partial charge in [0.25, 0.3) is 11.8 Å². The molecule has 5 rings (SSSR count). The first kappa shape index (κ1) is 26.7.